The minimum atomic E-state index is -0.491. The number of rotatable bonds is 8. The first kappa shape index (κ1) is 24.9. The summed E-state index contributed by atoms with van der Waals surface area (Å²) in [5.41, 5.74) is 0.615. The van der Waals surface area contributed by atoms with Gasteiger partial charge in [0.25, 0.3) is 5.91 Å². The lowest BCUT2D eigenvalue weighted by Crippen LogP contribution is -2.51. The number of aromatic amines is 1. The second-order valence-electron chi connectivity index (χ2n) is 9.67. The number of methoxy groups -OCH3 is 1. The zero-order valence-corrected chi connectivity index (χ0v) is 20.5. The van der Waals surface area contributed by atoms with Crippen LogP contribution in [0.25, 0.3) is 0 Å². The molecule has 1 aromatic carbocycles. The second kappa shape index (κ2) is 10.3. The van der Waals surface area contributed by atoms with Crippen LogP contribution in [0, 0.1) is 0 Å². The molecule has 2 unspecified atom stereocenters. The molecule has 2 amide bonds. The Labute approximate surface area is 213 Å². The molecule has 0 bridgehead atoms. The number of nitrogens with one attached hydrogen (secondary N) is 2. The number of carbonyl (C=O) groups excluding carboxylic acids is 3. The van der Waals surface area contributed by atoms with Crippen molar-refractivity contribution in [3.8, 4) is 17.2 Å². The van der Waals surface area contributed by atoms with E-state index in [1.165, 1.54) is 19.2 Å². The Morgan fingerprint density at radius 1 is 1.32 bits per heavy atom. The van der Waals surface area contributed by atoms with Crippen LogP contribution in [-0.2, 0) is 14.3 Å². The number of ether oxygens (including phenoxy) is 4. The zero-order valence-electron chi connectivity index (χ0n) is 20.5. The van der Waals surface area contributed by atoms with Crippen LogP contribution in [0.1, 0.15) is 54.1 Å². The number of phenolic OH excluding ortho intramolecular Hbond substituents is 1. The molecule has 3 fully saturated rings. The van der Waals surface area contributed by atoms with Crippen LogP contribution in [0.5, 0.6) is 17.2 Å². The van der Waals surface area contributed by atoms with Crippen molar-refractivity contribution in [1.29, 1.82) is 0 Å². The molecule has 1 aromatic heterocycles. The third-order valence-corrected chi connectivity index (χ3v) is 7.21. The molecule has 2 saturated carbocycles. The molecule has 2 heterocycles. The Kier molecular flexibility index (Phi) is 6.92. The number of phenols is 1. The first-order valence-corrected chi connectivity index (χ1v) is 12.3. The van der Waals surface area contributed by atoms with Crippen molar-refractivity contribution in [2.75, 3.05) is 38.8 Å². The maximum atomic E-state index is 12.8. The Hall–Kier alpha value is -3.80. The molecule has 0 radical (unpaired) electrons. The van der Waals surface area contributed by atoms with E-state index < -0.39 is 12.5 Å². The van der Waals surface area contributed by atoms with Crippen molar-refractivity contribution in [3.63, 3.8) is 0 Å². The Morgan fingerprint density at radius 3 is 2.92 bits per heavy atom. The molecule has 198 valence electrons. The second-order valence-corrected chi connectivity index (χ2v) is 9.67. The SMILES string of the molecule is COc1cc(O)c(C=O)c(OCC(=O)Nc2cc(C3CCC(OC(=O)N4CCOCC45CC5)C3)[nH]n2)c1. The summed E-state index contributed by atoms with van der Waals surface area (Å²) in [6.45, 7) is 1.29. The number of nitrogens with zero attached hydrogens (tertiary/aromatic N) is 2. The standard InChI is InChI=1S/C25H30N4O8/c1-34-17-9-20(31)18(12-30)21(10-17)36-13-23(32)26-22-11-19(27-28-22)15-2-3-16(8-15)37-24(33)29-6-7-35-14-25(29)4-5-25/h9-12,15-16,31H,2-8,13-14H2,1H3,(H2,26,27,28,32). The van der Waals surface area contributed by atoms with E-state index in [0.717, 1.165) is 31.4 Å². The number of anilines is 1. The van der Waals surface area contributed by atoms with Crippen molar-refractivity contribution >= 4 is 24.1 Å². The van der Waals surface area contributed by atoms with Crippen LogP contribution >= 0.6 is 0 Å². The highest BCUT2D eigenvalue weighted by Crippen LogP contribution is 2.44. The average molecular weight is 515 g/mol. The van der Waals surface area contributed by atoms with E-state index in [2.05, 4.69) is 15.5 Å². The van der Waals surface area contributed by atoms with Gasteiger partial charge in [0.15, 0.2) is 18.7 Å². The molecule has 37 heavy (non-hydrogen) atoms. The molecule has 2 aromatic rings. The summed E-state index contributed by atoms with van der Waals surface area (Å²) < 4.78 is 21.8. The number of aromatic hydroxyl groups is 1. The summed E-state index contributed by atoms with van der Waals surface area (Å²) in [7, 11) is 1.41. The number of benzene rings is 1. The third-order valence-electron chi connectivity index (χ3n) is 7.21. The smallest absolute Gasteiger partial charge is 0.410 e. The van der Waals surface area contributed by atoms with Crippen molar-refractivity contribution in [2.24, 2.45) is 0 Å². The predicted octanol–water partition coefficient (Wildman–Crippen LogP) is 2.59. The van der Waals surface area contributed by atoms with Gasteiger partial charge in [-0.15, -0.1) is 0 Å². The van der Waals surface area contributed by atoms with Crippen LogP contribution in [0.4, 0.5) is 10.6 Å². The van der Waals surface area contributed by atoms with Crippen LogP contribution < -0.4 is 14.8 Å². The quantitative estimate of drug-likeness (QED) is 0.451. The van der Waals surface area contributed by atoms with Gasteiger partial charge < -0.3 is 29.4 Å². The van der Waals surface area contributed by atoms with Crippen LogP contribution in [-0.4, -0.2) is 83.6 Å². The lowest BCUT2D eigenvalue weighted by molar-refractivity contribution is -0.118. The van der Waals surface area contributed by atoms with E-state index in [1.807, 2.05) is 4.90 Å². The fraction of sp³-hybridized carbons (Fsp3) is 0.520. The molecule has 3 aliphatic rings. The Balaban J connectivity index is 1.11. The largest absolute Gasteiger partial charge is 0.507 e. The van der Waals surface area contributed by atoms with Crippen LogP contribution in [0.2, 0.25) is 0 Å². The van der Waals surface area contributed by atoms with Gasteiger partial charge in [0.05, 0.1) is 31.4 Å². The number of aldehydes is 1. The minimum absolute atomic E-state index is 0.0287. The fourth-order valence-corrected chi connectivity index (χ4v) is 4.99. The van der Waals surface area contributed by atoms with Gasteiger partial charge in [-0.2, -0.15) is 5.10 Å². The van der Waals surface area contributed by atoms with Gasteiger partial charge >= 0.3 is 6.09 Å². The number of hydrogen-bond donors (Lipinski definition) is 3. The highest BCUT2D eigenvalue weighted by Gasteiger charge is 2.53. The maximum absolute atomic E-state index is 12.8. The topological polar surface area (TPSA) is 152 Å². The molecule has 2 atom stereocenters. The molecular formula is C25H30N4O8. The summed E-state index contributed by atoms with van der Waals surface area (Å²) in [6.07, 6.45) is 4.21. The number of H-pyrrole nitrogens is 1. The van der Waals surface area contributed by atoms with Crippen molar-refractivity contribution in [1.82, 2.24) is 15.1 Å². The number of aromatic nitrogens is 2. The molecule has 2 aliphatic carbocycles. The van der Waals surface area contributed by atoms with Gasteiger partial charge in [-0.1, -0.05) is 0 Å². The van der Waals surface area contributed by atoms with Gasteiger partial charge in [0.1, 0.15) is 23.4 Å². The summed E-state index contributed by atoms with van der Waals surface area (Å²) >= 11 is 0. The molecule has 12 heteroatoms. The predicted molar refractivity (Wildman–Crippen MR) is 129 cm³/mol. The third kappa shape index (κ3) is 5.33. The van der Waals surface area contributed by atoms with Gasteiger partial charge in [-0.25, -0.2) is 4.79 Å². The van der Waals surface area contributed by atoms with Crippen molar-refractivity contribution in [3.05, 3.63) is 29.5 Å². The van der Waals surface area contributed by atoms with E-state index in [-0.39, 0.29) is 46.5 Å². The van der Waals surface area contributed by atoms with E-state index >= 15 is 0 Å². The lowest BCUT2D eigenvalue weighted by atomic mass is 10.0. The molecule has 3 N–H and O–H groups in total. The highest BCUT2D eigenvalue weighted by molar-refractivity contribution is 5.91. The molecular weight excluding hydrogens is 484 g/mol. The number of carbonyl (C=O) groups is 3. The van der Waals surface area contributed by atoms with Gasteiger partial charge in [0.2, 0.25) is 0 Å². The van der Waals surface area contributed by atoms with Gasteiger partial charge in [-0.3, -0.25) is 19.6 Å². The fourth-order valence-electron chi connectivity index (χ4n) is 4.99. The van der Waals surface area contributed by atoms with Gasteiger partial charge in [0, 0.05) is 36.4 Å². The number of amides is 2. The van der Waals surface area contributed by atoms with E-state index in [0.29, 0.717) is 38.3 Å². The Bertz CT molecular complexity index is 1180. The normalized spacial score (nSPS) is 21.9. The maximum Gasteiger partial charge on any atom is 0.410 e. The highest BCUT2D eigenvalue weighted by atomic mass is 16.6. The van der Waals surface area contributed by atoms with Crippen LogP contribution in [0.3, 0.4) is 0 Å². The molecule has 5 rings (SSSR count). The molecule has 1 aliphatic heterocycles. The summed E-state index contributed by atoms with van der Waals surface area (Å²) in [5, 5.41) is 19.7. The van der Waals surface area contributed by atoms with E-state index in [4.69, 9.17) is 18.9 Å². The summed E-state index contributed by atoms with van der Waals surface area (Å²) in [5.74, 6) is -0.0260. The Morgan fingerprint density at radius 2 is 2.16 bits per heavy atom. The van der Waals surface area contributed by atoms with Crippen LogP contribution in [0.15, 0.2) is 18.2 Å². The number of morpholine rings is 1. The zero-order chi connectivity index (χ0) is 26.0. The first-order chi connectivity index (χ1) is 17.9. The first-order valence-electron chi connectivity index (χ1n) is 12.3. The lowest BCUT2D eigenvalue weighted by Gasteiger charge is -2.35. The monoisotopic (exact) mass is 514 g/mol. The molecule has 1 saturated heterocycles. The van der Waals surface area contributed by atoms with E-state index in [1.54, 1.807) is 6.07 Å². The number of hydrogen-bond acceptors (Lipinski definition) is 9. The minimum Gasteiger partial charge on any atom is -0.507 e. The average Bonchev–Trinajstić information content (AvgIpc) is 3.27. The summed E-state index contributed by atoms with van der Waals surface area (Å²) in [4.78, 5) is 38.3. The van der Waals surface area contributed by atoms with Crippen molar-refractivity contribution < 1.29 is 38.4 Å². The van der Waals surface area contributed by atoms with Gasteiger partial charge in [-0.05, 0) is 32.1 Å². The van der Waals surface area contributed by atoms with E-state index in [9.17, 15) is 19.5 Å². The summed E-state index contributed by atoms with van der Waals surface area (Å²) in [6, 6.07) is 4.45. The molecule has 12 nitrogen and oxygen atoms in total. The van der Waals surface area contributed by atoms with Crippen molar-refractivity contribution in [2.45, 2.75) is 49.7 Å². The molecule has 1 spiro atoms.